The lowest BCUT2D eigenvalue weighted by Crippen LogP contribution is -2.45. The molecule has 39 heavy (non-hydrogen) atoms. The molecular weight excluding hydrogens is 515 g/mol. The Bertz CT molecular complexity index is 668. The summed E-state index contributed by atoms with van der Waals surface area (Å²) >= 11 is 0. The molecule has 8 nitrogen and oxygen atoms in total. The van der Waals surface area contributed by atoms with Gasteiger partial charge in [-0.3, -0.25) is 9.36 Å². The van der Waals surface area contributed by atoms with Gasteiger partial charge in [-0.15, -0.1) is 0 Å². The van der Waals surface area contributed by atoms with Crippen LogP contribution in [0.5, 0.6) is 0 Å². The maximum atomic E-state index is 12.6. The van der Waals surface area contributed by atoms with Crippen LogP contribution < -0.4 is 10.2 Å². The van der Waals surface area contributed by atoms with Crippen molar-refractivity contribution in [3.05, 3.63) is 12.2 Å². The van der Waals surface area contributed by atoms with Gasteiger partial charge in [-0.25, -0.2) is 0 Å². The fourth-order valence-electron chi connectivity index (χ4n) is 4.15. The van der Waals surface area contributed by atoms with E-state index in [2.05, 4.69) is 19.2 Å². The number of quaternary nitrogens is 1. The molecule has 0 radical (unpaired) electrons. The number of amides is 1. The number of rotatable bonds is 27. The zero-order valence-corrected chi connectivity index (χ0v) is 26.7. The molecule has 2 N–H and O–H groups in total. The monoisotopic (exact) mass is 576 g/mol. The average molecular weight is 577 g/mol. The Labute approximate surface area is 240 Å². The minimum atomic E-state index is -4.56. The van der Waals surface area contributed by atoms with Crippen LogP contribution in [-0.2, 0) is 18.4 Å². The predicted molar refractivity (Wildman–Crippen MR) is 159 cm³/mol. The number of phosphoric ester groups is 1. The second kappa shape index (κ2) is 23.9. The molecule has 232 valence electrons. The normalized spacial score (nSPS) is 15.4. The van der Waals surface area contributed by atoms with E-state index in [4.69, 9.17) is 9.05 Å². The van der Waals surface area contributed by atoms with Crippen LogP contribution in [0.25, 0.3) is 0 Å². The van der Waals surface area contributed by atoms with Crippen LogP contribution in [0.1, 0.15) is 123 Å². The molecule has 9 heteroatoms. The number of carbonyl (C=O) groups excluding carboxylic acids is 1. The van der Waals surface area contributed by atoms with Gasteiger partial charge in [0.05, 0.1) is 39.9 Å². The van der Waals surface area contributed by atoms with E-state index in [0.29, 0.717) is 17.4 Å². The molecular formula is C30H61N2O6P. The Morgan fingerprint density at radius 1 is 0.872 bits per heavy atom. The molecule has 0 aliphatic heterocycles. The summed E-state index contributed by atoms with van der Waals surface area (Å²) in [5.41, 5.74) is 0. The summed E-state index contributed by atoms with van der Waals surface area (Å²) in [5, 5.41) is 13.5. The first-order valence-corrected chi connectivity index (χ1v) is 17.0. The third-order valence-electron chi connectivity index (χ3n) is 6.75. The molecule has 0 aromatic heterocycles. The fourth-order valence-corrected chi connectivity index (χ4v) is 4.87. The van der Waals surface area contributed by atoms with Crippen LogP contribution in [0, 0.1) is 0 Å². The van der Waals surface area contributed by atoms with Crippen molar-refractivity contribution in [3.63, 3.8) is 0 Å². The molecule has 3 atom stereocenters. The second-order valence-electron chi connectivity index (χ2n) is 11.8. The number of carbonyl (C=O) groups is 1. The summed E-state index contributed by atoms with van der Waals surface area (Å²) in [6, 6.07) is -0.874. The lowest BCUT2D eigenvalue weighted by atomic mass is 10.1. The molecule has 0 aromatic carbocycles. The van der Waals surface area contributed by atoms with Gasteiger partial charge in [0.2, 0.25) is 5.91 Å². The SMILES string of the molecule is CCCCCCCCC/C=C/C(O)C(COP(=O)([O-])OCC[N+](C)(C)C)NC(=O)CCCCCCCCCC. The topological polar surface area (TPSA) is 108 Å². The summed E-state index contributed by atoms with van der Waals surface area (Å²) in [6.07, 6.45) is 21.2. The Morgan fingerprint density at radius 2 is 1.38 bits per heavy atom. The molecule has 1 amide bonds. The van der Waals surface area contributed by atoms with Gasteiger partial charge in [-0.2, -0.15) is 0 Å². The van der Waals surface area contributed by atoms with Crippen molar-refractivity contribution in [2.75, 3.05) is 40.9 Å². The van der Waals surface area contributed by atoms with Crippen LogP contribution in [0.4, 0.5) is 0 Å². The summed E-state index contributed by atoms with van der Waals surface area (Å²) in [5.74, 6) is -0.208. The van der Waals surface area contributed by atoms with Gasteiger partial charge < -0.3 is 28.8 Å². The summed E-state index contributed by atoms with van der Waals surface area (Å²) < 4.78 is 22.9. The molecule has 0 aliphatic rings. The Kier molecular flexibility index (Phi) is 23.4. The smallest absolute Gasteiger partial charge is 0.268 e. The maximum absolute atomic E-state index is 12.6. The van der Waals surface area contributed by atoms with Crippen molar-refractivity contribution >= 4 is 13.7 Å². The third kappa shape index (κ3) is 25.9. The molecule has 0 saturated heterocycles. The highest BCUT2D eigenvalue weighted by Gasteiger charge is 2.23. The fraction of sp³-hybridized carbons (Fsp3) is 0.900. The van der Waals surface area contributed by atoms with E-state index in [1.807, 2.05) is 27.2 Å². The molecule has 0 aromatic rings. The first-order chi connectivity index (χ1) is 18.5. The average Bonchev–Trinajstić information content (AvgIpc) is 2.86. The number of aliphatic hydroxyl groups excluding tert-OH is 1. The number of likely N-dealkylation sites (N-methyl/N-ethyl adjacent to an activating group) is 1. The number of allylic oxidation sites excluding steroid dienone is 1. The second-order valence-corrected chi connectivity index (χ2v) is 13.2. The van der Waals surface area contributed by atoms with Crippen LogP contribution >= 0.6 is 7.82 Å². The summed E-state index contributed by atoms with van der Waals surface area (Å²) in [7, 11) is 1.26. The summed E-state index contributed by atoms with van der Waals surface area (Å²) in [6.45, 7) is 4.54. The van der Waals surface area contributed by atoms with Crippen molar-refractivity contribution in [2.45, 2.75) is 135 Å². The van der Waals surface area contributed by atoms with E-state index < -0.39 is 20.0 Å². The van der Waals surface area contributed by atoms with Crippen LogP contribution in [0.3, 0.4) is 0 Å². The highest BCUT2D eigenvalue weighted by Crippen LogP contribution is 2.38. The standard InChI is InChI=1S/C30H61N2O6P/c1-6-8-10-12-14-16-17-19-21-23-29(33)28(27-38-39(35,36)37-26-25-32(3,4)5)31-30(34)24-22-20-18-15-13-11-9-7-2/h21,23,28-29,33H,6-20,22,24-27H2,1-5H3,(H-,31,34,35,36)/b23-21+. The van der Waals surface area contributed by atoms with Crippen molar-refractivity contribution in [2.24, 2.45) is 0 Å². The van der Waals surface area contributed by atoms with E-state index >= 15 is 0 Å². The Morgan fingerprint density at radius 3 is 1.92 bits per heavy atom. The van der Waals surface area contributed by atoms with E-state index in [9.17, 15) is 19.4 Å². The number of phosphoric acid groups is 1. The van der Waals surface area contributed by atoms with Gasteiger partial charge in [-0.1, -0.05) is 109 Å². The number of unbranched alkanes of at least 4 members (excludes halogenated alkanes) is 14. The van der Waals surface area contributed by atoms with Gasteiger partial charge in [-0.05, 0) is 19.3 Å². The molecule has 0 rings (SSSR count). The molecule has 0 bridgehead atoms. The Balaban J connectivity index is 4.69. The number of hydrogen-bond donors (Lipinski definition) is 2. The largest absolute Gasteiger partial charge is 0.756 e. The van der Waals surface area contributed by atoms with Gasteiger partial charge in [0.1, 0.15) is 13.2 Å². The van der Waals surface area contributed by atoms with Gasteiger partial charge >= 0.3 is 0 Å². The van der Waals surface area contributed by atoms with Crippen molar-refractivity contribution < 1.29 is 32.9 Å². The molecule has 0 saturated carbocycles. The first-order valence-electron chi connectivity index (χ1n) is 15.6. The lowest BCUT2D eigenvalue weighted by Gasteiger charge is -2.29. The van der Waals surface area contributed by atoms with E-state index in [0.717, 1.165) is 38.5 Å². The van der Waals surface area contributed by atoms with Crippen molar-refractivity contribution in [1.82, 2.24) is 5.32 Å². The number of hydrogen-bond acceptors (Lipinski definition) is 6. The van der Waals surface area contributed by atoms with Gasteiger partial charge in [0.25, 0.3) is 7.82 Å². The van der Waals surface area contributed by atoms with Crippen LogP contribution in [0.15, 0.2) is 12.2 Å². The van der Waals surface area contributed by atoms with Crippen LogP contribution in [-0.4, -0.2) is 68.5 Å². The van der Waals surface area contributed by atoms with E-state index in [1.54, 1.807) is 6.08 Å². The minimum absolute atomic E-state index is 0.000644. The molecule has 0 heterocycles. The Hall–Kier alpha value is -0.760. The predicted octanol–water partition coefficient (Wildman–Crippen LogP) is 6.27. The zero-order chi connectivity index (χ0) is 29.4. The highest BCUT2D eigenvalue weighted by molar-refractivity contribution is 7.45. The number of nitrogens with zero attached hydrogens (tertiary/aromatic N) is 1. The summed E-state index contributed by atoms with van der Waals surface area (Å²) in [4.78, 5) is 24.8. The van der Waals surface area contributed by atoms with E-state index in [-0.39, 0.29) is 19.1 Å². The lowest BCUT2D eigenvalue weighted by molar-refractivity contribution is -0.870. The van der Waals surface area contributed by atoms with Crippen LogP contribution in [0.2, 0.25) is 0 Å². The van der Waals surface area contributed by atoms with Gasteiger partial charge in [0, 0.05) is 6.42 Å². The molecule has 0 spiro atoms. The van der Waals surface area contributed by atoms with Gasteiger partial charge in [0.15, 0.2) is 0 Å². The first kappa shape index (κ1) is 38.2. The quantitative estimate of drug-likeness (QED) is 0.0517. The molecule has 0 fully saturated rings. The number of aliphatic hydroxyl groups is 1. The number of nitrogens with one attached hydrogen (secondary N) is 1. The maximum Gasteiger partial charge on any atom is 0.268 e. The minimum Gasteiger partial charge on any atom is -0.756 e. The molecule has 0 aliphatic carbocycles. The molecule has 3 unspecified atom stereocenters. The van der Waals surface area contributed by atoms with E-state index in [1.165, 1.54) is 64.2 Å². The van der Waals surface area contributed by atoms with Crippen molar-refractivity contribution in [1.29, 1.82) is 0 Å². The highest BCUT2D eigenvalue weighted by atomic mass is 31.2. The third-order valence-corrected chi connectivity index (χ3v) is 7.71. The van der Waals surface area contributed by atoms with Crippen molar-refractivity contribution in [3.8, 4) is 0 Å². The zero-order valence-electron chi connectivity index (χ0n) is 25.8.